The monoisotopic (exact) mass is 448 g/mol. The second kappa shape index (κ2) is 7.03. The molecule has 2 aliphatic heterocycles. The molecule has 2 bridgehead atoms. The van der Waals surface area contributed by atoms with Crippen molar-refractivity contribution in [2.75, 3.05) is 20.1 Å². The maximum absolute atomic E-state index is 13.2. The van der Waals surface area contributed by atoms with Gasteiger partial charge in [0.05, 0.1) is 16.3 Å². The Hall–Kier alpha value is -2.44. The number of sulfone groups is 1. The van der Waals surface area contributed by atoms with Crippen LogP contribution < -0.4 is 0 Å². The van der Waals surface area contributed by atoms with Crippen LogP contribution in [0.5, 0.6) is 5.75 Å². The van der Waals surface area contributed by atoms with Gasteiger partial charge in [-0.25, -0.2) is 8.42 Å². The van der Waals surface area contributed by atoms with Crippen molar-refractivity contribution in [3.8, 4) is 5.75 Å². The average Bonchev–Trinajstić information content (AvgIpc) is 2.80. The molecule has 0 radical (unpaired) electrons. The number of hydrogen-bond acceptors (Lipinski definition) is 5. The van der Waals surface area contributed by atoms with E-state index in [2.05, 4.69) is 18.0 Å². The number of nitrogens with zero attached hydrogens (tertiary/aromatic N) is 2. The van der Waals surface area contributed by atoms with E-state index >= 15 is 0 Å². The Bertz CT molecular complexity index is 1250. The quantitative estimate of drug-likeness (QED) is 0.760. The maximum Gasteiger partial charge on any atom is 0.204 e. The minimum absolute atomic E-state index is 0.0114. The van der Waals surface area contributed by atoms with Crippen LogP contribution in [0.1, 0.15) is 30.4 Å². The molecule has 2 heterocycles. The average molecular weight is 449 g/mol. The number of hydrogen-bond donors (Lipinski definition) is 1. The van der Waals surface area contributed by atoms with Gasteiger partial charge < -0.3 is 10.0 Å². The minimum atomic E-state index is -3.52. The molecular weight excluding hydrogens is 420 g/mol. The molecule has 2 aromatic carbocycles. The molecule has 0 amide bonds. The highest BCUT2D eigenvalue weighted by molar-refractivity contribution is 7.95. The molecule has 1 saturated heterocycles. The fourth-order valence-electron chi connectivity index (χ4n) is 6.75. The number of likely N-dealkylation sites (tertiary alicyclic amines) is 1. The third kappa shape index (κ3) is 2.85. The van der Waals surface area contributed by atoms with Gasteiger partial charge in [0.15, 0.2) is 0 Å². The molecule has 6 heteroatoms. The molecule has 2 fully saturated rings. The Morgan fingerprint density at radius 3 is 2.78 bits per heavy atom. The highest BCUT2D eigenvalue weighted by Gasteiger charge is 2.56. The summed E-state index contributed by atoms with van der Waals surface area (Å²) in [5.41, 5.74) is 3.75. The summed E-state index contributed by atoms with van der Waals surface area (Å²) in [4.78, 5) is 8.12. The fourth-order valence-corrected chi connectivity index (χ4v) is 8.14. The third-order valence-corrected chi connectivity index (χ3v) is 10.2. The SMILES string of the molecule is CN1CCC23CC4=NCC(S(=O)(=O)c5ccccc5)=CC4CC2C1Cc1ccc(O)cc13. The summed E-state index contributed by atoms with van der Waals surface area (Å²) >= 11 is 0. The molecule has 4 unspecified atom stereocenters. The first-order valence-corrected chi connectivity index (χ1v) is 12.9. The van der Waals surface area contributed by atoms with Gasteiger partial charge in [0.25, 0.3) is 0 Å². The molecule has 1 N–H and O–H groups in total. The van der Waals surface area contributed by atoms with Crippen LogP contribution in [-0.2, 0) is 21.7 Å². The van der Waals surface area contributed by atoms with Gasteiger partial charge in [0.1, 0.15) is 5.75 Å². The first kappa shape index (κ1) is 20.2. The number of dihydropyridines is 1. The van der Waals surface area contributed by atoms with Crippen LogP contribution in [0.4, 0.5) is 0 Å². The van der Waals surface area contributed by atoms with Crippen LogP contribution in [0, 0.1) is 11.8 Å². The van der Waals surface area contributed by atoms with Gasteiger partial charge in [0, 0.05) is 23.1 Å². The van der Waals surface area contributed by atoms with Crippen molar-refractivity contribution in [3.63, 3.8) is 0 Å². The lowest BCUT2D eigenvalue weighted by atomic mass is 9.50. The fraction of sp³-hybridized carbons (Fsp3) is 0.423. The number of allylic oxidation sites excluding steroid dienone is 1. The second-order valence-electron chi connectivity index (χ2n) is 9.88. The summed E-state index contributed by atoms with van der Waals surface area (Å²) in [6.07, 6.45) is 5.79. The lowest BCUT2D eigenvalue weighted by Crippen LogP contribution is -2.62. The van der Waals surface area contributed by atoms with Crippen LogP contribution in [0.3, 0.4) is 0 Å². The third-order valence-electron chi connectivity index (χ3n) is 8.37. The van der Waals surface area contributed by atoms with E-state index in [-0.39, 0.29) is 17.9 Å². The van der Waals surface area contributed by atoms with Gasteiger partial charge in [-0.15, -0.1) is 0 Å². The molecule has 4 atom stereocenters. The van der Waals surface area contributed by atoms with Gasteiger partial charge in [0.2, 0.25) is 9.84 Å². The molecule has 0 aromatic heterocycles. The highest BCUT2D eigenvalue weighted by Crippen LogP contribution is 2.57. The Balaban J connectivity index is 1.40. The number of likely N-dealkylation sites (N-methyl/N-ethyl adjacent to an activating group) is 1. The van der Waals surface area contributed by atoms with Crippen LogP contribution >= 0.6 is 0 Å². The van der Waals surface area contributed by atoms with Gasteiger partial charge in [-0.3, -0.25) is 4.99 Å². The van der Waals surface area contributed by atoms with Gasteiger partial charge in [-0.05, 0) is 80.6 Å². The van der Waals surface area contributed by atoms with Crippen molar-refractivity contribution in [2.24, 2.45) is 16.8 Å². The van der Waals surface area contributed by atoms with Crippen molar-refractivity contribution in [3.05, 3.63) is 70.6 Å². The number of piperidine rings is 1. The standard InChI is InChI=1S/C26H28N2O3S/c1-28-10-9-26-15-24-18(11-21(16-27-24)32(30,31)20-5-3-2-4-6-20)12-23(26)25(28)13-17-7-8-19(29)14-22(17)26/h2-8,11,14,18,23,25,29H,9-10,12-13,15-16H2,1H3. The van der Waals surface area contributed by atoms with Crippen LogP contribution in [0.15, 0.2) is 69.4 Å². The molecule has 166 valence electrons. The topological polar surface area (TPSA) is 70.0 Å². The number of phenolic OH excluding ortho intramolecular Hbond substituents is 1. The highest BCUT2D eigenvalue weighted by atomic mass is 32.2. The smallest absolute Gasteiger partial charge is 0.204 e. The molecule has 5 nitrogen and oxygen atoms in total. The van der Waals surface area contributed by atoms with Crippen molar-refractivity contribution >= 4 is 15.5 Å². The summed E-state index contributed by atoms with van der Waals surface area (Å²) in [5.74, 6) is 0.829. The maximum atomic E-state index is 13.2. The van der Waals surface area contributed by atoms with E-state index in [1.807, 2.05) is 18.2 Å². The molecular formula is C26H28N2O3S. The molecule has 2 aromatic rings. The van der Waals surface area contributed by atoms with E-state index in [9.17, 15) is 13.5 Å². The predicted octanol–water partition coefficient (Wildman–Crippen LogP) is 3.73. The number of aromatic hydroxyl groups is 1. The van der Waals surface area contributed by atoms with Gasteiger partial charge >= 0.3 is 0 Å². The Morgan fingerprint density at radius 2 is 1.97 bits per heavy atom. The Labute approximate surface area is 189 Å². The van der Waals surface area contributed by atoms with Gasteiger partial charge in [-0.2, -0.15) is 0 Å². The van der Waals surface area contributed by atoms with E-state index < -0.39 is 9.84 Å². The van der Waals surface area contributed by atoms with Crippen LogP contribution in [0.25, 0.3) is 0 Å². The van der Waals surface area contributed by atoms with Crippen LogP contribution in [0.2, 0.25) is 0 Å². The summed E-state index contributed by atoms with van der Waals surface area (Å²) in [7, 11) is -1.30. The number of phenols is 1. The van der Waals surface area contributed by atoms with E-state index in [1.165, 1.54) is 11.1 Å². The second-order valence-corrected chi connectivity index (χ2v) is 11.9. The Kier molecular flexibility index (Phi) is 4.43. The zero-order valence-corrected chi connectivity index (χ0v) is 19.1. The molecule has 0 spiro atoms. The first-order valence-electron chi connectivity index (χ1n) is 11.5. The molecule has 1 saturated carbocycles. The number of fused-ring (bicyclic) bond motifs is 2. The normalized spacial score (nSPS) is 31.6. The van der Waals surface area contributed by atoms with E-state index in [1.54, 1.807) is 30.3 Å². The van der Waals surface area contributed by atoms with Crippen molar-refractivity contribution in [2.45, 2.75) is 42.0 Å². The Morgan fingerprint density at radius 1 is 1.16 bits per heavy atom. The summed E-state index contributed by atoms with van der Waals surface area (Å²) in [5, 5.41) is 10.3. The first-order chi connectivity index (χ1) is 15.4. The van der Waals surface area contributed by atoms with E-state index in [0.29, 0.717) is 27.5 Å². The number of aliphatic imine (C=N–C) groups is 1. The zero-order chi connectivity index (χ0) is 22.1. The predicted molar refractivity (Wildman–Crippen MR) is 125 cm³/mol. The lowest BCUT2D eigenvalue weighted by molar-refractivity contribution is 0.0175. The molecule has 32 heavy (non-hydrogen) atoms. The van der Waals surface area contributed by atoms with Crippen molar-refractivity contribution in [1.82, 2.24) is 4.90 Å². The minimum Gasteiger partial charge on any atom is -0.508 e. The number of benzene rings is 2. The molecule has 6 rings (SSSR count). The summed E-state index contributed by atoms with van der Waals surface area (Å²) in [6.45, 7) is 1.26. The summed E-state index contributed by atoms with van der Waals surface area (Å²) in [6, 6.07) is 15.0. The number of rotatable bonds is 2. The molecule has 4 aliphatic rings. The zero-order valence-electron chi connectivity index (χ0n) is 18.2. The largest absolute Gasteiger partial charge is 0.508 e. The van der Waals surface area contributed by atoms with Gasteiger partial charge in [-0.1, -0.05) is 30.3 Å². The van der Waals surface area contributed by atoms with E-state index in [0.717, 1.165) is 37.9 Å². The van der Waals surface area contributed by atoms with E-state index in [4.69, 9.17) is 4.99 Å². The van der Waals surface area contributed by atoms with Crippen molar-refractivity contribution in [1.29, 1.82) is 0 Å². The van der Waals surface area contributed by atoms with Crippen LogP contribution in [-0.4, -0.2) is 50.3 Å². The molecule has 2 aliphatic carbocycles. The van der Waals surface area contributed by atoms with Crippen molar-refractivity contribution < 1.29 is 13.5 Å². The lowest BCUT2D eigenvalue weighted by Gasteiger charge is -2.59. The summed E-state index contributed by atoms with van der Waals surface area (Å²) < 4.78 is 26.4.